The predicted molar refractivity (Wildman–Crippen MR) is 212 cm³/mol. The first kappa shape index (κ1) is 42.0. The summed E-state index contributed by atoms with van der Waals surface area (Å²) in [5.74, 6) is -0.965. The van der Waals surface area contributed by atoms with Crippen molar-refractivity contribution < 1.29 is 34.2 Å². The molecule has 16 nitrogen and oxygen atoms in total. The van der Waals surface area contributed by atoms with E-state index in [-0.39, 0.29) is 36.9 Å². The summed E-state index contributed by atoms with van der Waals surface area (Å²) >= 11 is 1.59. The monoisotopic (exact) mass is 791 g/mol. The van der Waals surface area contributed by atoms with Crippen molar-refractivity contribution in [2.45, 2.75) is 58.7 Å². The summed E-state index contributed by atoms with van der Waals surface area (Å²) in [5, 5.41) is 27.9. The van der Waals surface area contributed by atoms with Crippen LogP contribution in [0.5, 0.6) is 0 Å². The molecule has 302 valence electrons. The number of carboxylic acid groups (broad SMARTS) is 1. The van der Waals surface area contributed by atoms with E-state index in [0.29, 0.717) is 39.1 Å². The quantitative estimate of drug-likeness (QED) is 0.151. The van der Waals surface area contributed by atoms with E-state index in [0.717, 1.165) is 40.6 Å². The van der Waals surface area contributed by atoms with Gasteiger partial charge in [-0.1, -0.05) is 24.3 Å². The van der Waals surface area contributed by atoms with Gasteiger partial charge in [-0.15, -0.1) is 11.3 Å². The molecule has 0 bridgehead atoms. The first-order valence-corrected chi connectivity index (χ1v) is 19.7. The number of carbonyl (C=O) groups excluding carboxylic acids is 4. The maximum absolute atomic E-state index is 13.9. The van der Waals surface area contributed by atoms with Crippen molar-refractivity contribution in [3.8, 4) is 10.4 Å². The number of rotatable bonds is 15. The van der Waals surface area contributed by atoms with Crippen molar-refractivity contribution >= 4 is 46.9 Å². The molecule has 5 rings (SSSR count). The molecule has 17 heteroatoms. The Morgan fingerprint density at radius 3 is 2.36 bits per heavy atom. The summed E-state index contributed by atoms with van der Waals surface area (Å²) < 4.78 is 0. The van der Waals surface area contributed by atoms with Gasteiger partial charge in [0.05, 0.1) is 39.7 Å². The van der Waals surface area contributed by atoms with Crippen LogP contribution < -0.4 is 20.9 Å². The van der Waals surface area contributed by atoms with Gasteiger partial charge in [0, 0.05) is 78.1 Å². The Bertz CT molecular complexity index is 1850. The van der Waals surface area contributed by atoms with E-state index in [9.17, 15) is 29.1 Å². The Morgan fingerprint density at radius 1 is 1.02 bits per heavy atom. The van der Waals surface area contributed by atoms with Crippen molar-refractivity contribution in [2.24, 2.45) is 5.41 Å². The van der Waals surface area contributed by atoms with Crippen LogP contribution in [0.15, 0.2) is 48.1 Å². The highest BCUT2D eigenvalue weighted by Crippen LogP contribution is 2.30. The molecule has 5 N–H and O–H groups in total. The van der Waals surface area contributed by atoms with Gasteiger partial charge in [-0.05, 0) is 57.4 Å². The lowest BCUT2D eigenvalue weighted by Gasteiger charge is -2.36. The number of benzene rings is 1. The number of hydrogen-bond acceptors (Lipinski definition) is 11. The Morgan fingerprint density at radius 2 is 1.73 bits per heavy atom. The molecular weight excluding hydrogens is 739 g/mol. The number of likely N-dealkylation sites (N-methyl/N-ethyl adjacent to an activating group) is 1. The number of aromatic nitrogens is 2. The Kier molecular flexibility index (Phi) is 14.0. The van der Waals surface area contributed by atoms with Gasteiger partial charge in [-0.3, -0.25) is 24.1 Å². The third kappa shape index (κ3) is 10.6. The summed E-state index contributed by atoms with van der Waals surface area (Å²) in [5.41, 5.74) is 4.10. The third-order valence-corrected chi connectivity index (χ3v) is 11.7. The first-order chi connectivity index (χ1) is 26.6. The van der Waals surface area contributed by atoms with Crippen LogP contribution in [-0.2, 0) is 20.8 Å². The molecule has 2 aromatic heterocycles. The zero-order valence-corrected chi connectivity index (χ0v) is 33.5. The second kappa shape index (κ2) is 18.7. The highest BCUT2D eigenvalue weighted by atomic mass is 32.1. The van der Waals surface area contributed by atoms with Crippen LogP contribution >= 0.6 is 11.3 Å². The fourth-order valence-corrected chi connectivity index (χ4v) is 7.53. The number of pyridine rings is 1. The molecule has 4 heterocycles. The predicted octanol–water partition coefficient (Wildman–Crippen LogP) is 1.83. The zero-order valence-electron chi connectivity index (χ0n) is 32.7. The molecule has 2 aliphatic rings. The number of likely N-dealkylation sites (tertiary alicyclic amines) is 1. The molecule has 1 aromatic carbocycles. The maximum atomic E-state index is 13.9. The lowest BCUT2D eigenvalue weighted by Crippen LogP contribution is -2.56. The number of nitrogens with one attached hydrogen (secondary N) is 3. The normalized spacial score (nSPS) is 18.0. The first-order valence-electron chi connectivity index (χ1n) is 18.8. The molecule has 0 aliphatic carbocycles. The topological polar surface area (TPSA) is 201 Å². The summed E-state index contributed by atoms with van der Waals surface area (Å²) in [6, 6.07) is 10.0. The third-order valence-electron chi connectivity index (χ3n) is 10.7. The van der Waals surface area contributed by atoms with Crippen LogP contribution in [0.3, 0.4) is 0 Å². The van der Waals surface area contributed by atoms with Gasteiger partial charge in [0.15, 0.2) is 0 Å². The van der Waals surface area contributed by atoms with Crippen molar-refractivity contribution in [1.29, 1.82) is 0 Å². The number of aliphatic hydroxyl groups is 1. The SMILES string of the molecule is Cc1ncsc1-c1ccc(CCNC(=O)[C@@H]2C[C@@H](O)CN2C(=O)C(C)(C)[C@H](C)NC(=O)CNC(=O)c2ccc(N3CCN(CCN(C)C(=O)O)CC3)nc2)cc1. The van der Waals surface area contributed by atoms with Gasteiger partial charge >= 0.3 is 6.09 Å². The summed E-state index contributed by atoms with van der Waals surface area (Å²) in [6.45, 7) is 11.1. The van der Waals surface area contributed by atoms with Crippen molar-refractivity contribution in [3.63, 3.8) is 0 Å². The molecule has 0 radical (unpaired) electrons. The Balaban J connectivity index is 1.05. The minimum Gasteiger partial charge on any atom is -0.465 e. The van der Waals surface area contributed by atoms with Crippen LogP contribution in [0.1, 0.15) is 48.8 Å². The number of aryl methyl sites for hydroxylation is 1. The molecule has 0 saturated carbocycles. The average Bonchev–Trinajstić information content (AvgIpc) is 3.81. The number of amides is 5. The van der Waals surface area contributed by atoms with E-state index in [1.807, 2.05) is 36.7 Å². The van der Waals surface area contributed by atoms with Gasteiger partial charge in [-0.25, -0.2) is 14.8 Å². The lowest BCUT2D eigenvalue weighted by atomic mass is 9.83. The van der Waals surface area contributed by atoms with E-state index < -0.39 is 41.5 Å². The van der Waals surface area contributed by atoms with Crippen LogP contribution in [0.25, 0.3) is 10.4 Å². The Hall–Kier alpha value is -5.13. The Labute approximate surface area is 331 Å². The maximum Gasteiger partial charge on any atom is 0.407 e. The van der Waals surface area contributed by atoms with Gasteiger partial charge in [0.2, 0.25) is 17.7 Å². The number of aliphatic hydroxyl groups excluding tert-OH is 1. The molecule has 3 aromatic rings. The van der Waals surface area contributed by atoms with Crippen molar-refractivity contribution in [2.75, 3.05) is 70.9 Å². The average molecular weight is 792 g/mol. The van der Waals surface area contributed by atoms with Crippen molar-refractivity contribution in [3.05, 3.63) is 64.9 Å². The van der Waals surface area contributed by atoms with Gasteiger partial charge < -0.3 is 40.9 Å². The van der Waals surface area contributed by atoms with E-state index in [1.165, 1.54) is 16.0 Å². The largest absolute Gasteiger partial charge is 0.465 e. The minimum absolute atomic E-state index is 0.00493. The van der Waals surface area contributed by atoms with E-state index in [2.05, 4.69) is 35.7 Å². The lowest BCUT2D eigenvalue weighted by molar-refractivity contribution is -0.147. The van der Waals surface area contributed by atoms with E-state index in [1.54, 1.807) is 51.3 Å². The molecule has 2 saturated heterocycles. The molecule has 0 spiro atoms. The molecule has 2 aliphatic heterocycles. The van der Waals surface area contributed by atoms with Gasteiger partial charge in [0.25, 0.3) is 5.91 Å². The number of β-amino-alcohol motifs (C(OH)–C–C–N with tert-alkyl or cyclic N) is 1. The number of thiazole rings is 1. The number of hydrogen-bond donors (Lipinski definition) is 5. The minimum atomic E-state index is -1.14. The fourth-order valence-electron chi connectivity index (χ4n) is 6.72. The van der Waals surface area contributed by atoms with Gasteiger partial charge in [-0.2, -0.15) is 0 Å². The number of piperazine rings is 1. The summed E-state index contributed by atoms with van der Waals surface area (Å²) in [7, 11) is 1.55. The zero-order chi connectivity index (χ0) is 40.6. The van der Waals surface area contributed by atoms with Crippen LogP contribution in [0, 0.1) is 12.3 Å². The highest BCUT2D eigenvalue weighted by molar-refractivity contribution is 7.13. The van der Waals surface area contributed by atoms with Crippen LogP contribution in [0.2, 0.25) is 0 Å². The number of anilines is 1. The fraction of sp³-hybridized carbons (Fsp3) is 0.513. The number of carbonyl (C=O) groups is 5. The summed E-state index contributed by atoms with van der Waals surface area (Å²) in [6.07, 6.45) is 0.365. The molecule has 2 fully saturated rings. The second-order valence-corrected chi connectivity index (χ2v) is 15.9. The molecule has 3 atom stereocenters. The van der Waals surface area contributed by atoms with Gasteiger partial charge in [0.1, 0.15) is 11.9 Å². The molecular formula is C39H53N9O7S. The van der Waals surface area contributed by atoms with E-state index >= 15 is 0 Å². The molecule has 5 amide bonds. The van der Waals surface area contributed by atoms with Crippen LogP contribution in [-0.4, -0.2) is 149 Å². The summed E-state index contributed by atoms with van der Waals surface area (Å²) in [4.78, 5) is 80.8. The van der Waals surface area contributed by atoms with Crippen LogP contribution in [0.4, 0.5) is 10.6 Å². The highest BCUT2D eigenvalue weighted by Gasteiger charge is 2.46. The van der Waals surface area contributed by atoms with E-state index in [4.69, 9.17) is 5.11 Å². The smallest absolute Gasteiger partial charge is 0.407 e. The van der Waals surface area contributed by atoms with Crippen molar-refractivity contribution in [1.82, 2.24) is 40.6 Å². The molecule has 0 unspecified atom stereocenters. The standard InChI is InChI=1S/C39H53N9O7S/c1-25-34(56-24-43-25)28-8-6-27(7-9-28)12-13-40-36(52)31-20-30(49)23-48(31)37(53)39(3,4)26(2)44-33(50)22-42-35(51)29-10-11-32(41-21-29)47-18-16-46(17-19-47)15-14-45(5)38(54)55/h6-11,21,24,26,30-31,49H,12-20,22-23H2,1-5H3,(H,40,52)(H,42,51)(H,44,50)(H,54,55)/t26-,30+,31-/m0/s1. The molecule has 56 heavy (non-hydrogen) atoms. The number of nitrogens with zero attached hydrogens (tertiary/aromatic N) is 6. The second-order valence-electron chi connectivity index (χ2n) is 15.0.